The summed E-state index contributed by atoms with van der Waals surface area (Å²) < 4.78 is 0. The van der Waals surface area contributed by atoms with Crippen LogP contribution in [0.5, 0.6) is 0 Å². The fourth-order valence-electron chi connectivity index (χ4n) is 1.15. The van der Waals surface area contributed by atoms with Crippen molar-refractivity contribution < 1.29 is 4.79 Å². The smallest absolute Gasteiger partial charge is 0.326 e. The molecule has 1 heterocycles. The van der Waals surface area contributed by atoms with Gasteiger partial charge in [-0.05, 0) is 20.0 Å². The Balaban J connectivity index is 2.59. The number of hydrogen-bond donors (Lipinski definition) is 4. The third-order valence-corrected chi connectivity index (χ3v) is 1.89. The minimum absolute atomic E-state index is 0.0294. The molecule has 88 valence electrons. The van der Waals surface area contributed by atoms with Gasteiger partial charge in [0.1, 0.15) is 5.69 Å². The van der Waals surface area contributed by atoms with Crippen LogP contribution in [0.2, 0.25) is 0 Å². The van der Waals surface area contributed by atoms with Crippen molar-refractivity contribution in [3.63, 3.8) is 0 Å². The standard InChI is InChI=1S/C9H14N4O3/c1-10-3-2-4-11-8(15)6-5-7(14)13-9(16)12-6/h5,10H,2-4H2,1H3,(H,11,15)(H2,12,13,14,16). The maximum absolute atomic E-state index is 11.5. The van der Waals surface area contributed by atoms with Gasteiger partial charge in [0.05, 0.1) is 0 Å². The molecule has 0 bridgehead atoms. The third kappa shape index (κ3) is 3.70. The van der Waals surface area contributed by atoms with Crippen molar-refractivity contribution in [1.29, 1.82) is 0 Å². The fraction of sp³-hybridized carbons (Fsp3) is 0.444. The molecule has 0 aliphatic heterocycles. The summed E-state index contributed by atoms with van der Waals surface area (Å²) in [4.78, 5) is 37.5. The predicted molar refractivity (Wildman–Crippen MR) is 58.6 cm³/mol. The highest BCUT2D eigenvalue weighted by atomic mass is 16.2. The molecule has 7 nitrogen and oxygen atoms in total. The Bertz CT molecular complexity index is 434. The second kappa shape index (κ2) is 5.86. The highest BCUT2D eigenvalue weighted by Crippen LogP contribution is 1.85. The molecule has 1 rings (SSSR count). The SMILES string of the molecule is CNCCCNC(=O)c1cc(=O)[nH]c(=O)[nH]1. The molecule has 1 aromatic rings. The van der Waals surface area contributed by atoms with Gasteiger partial charge in [-0.2, -0.15) is 0 Å². The molecule has 0 unspecified atom stereocenters. The van der Waals surface area contributed by atoms with Crippen molar-refractivity contribution in [3.05, 3.63) is 32.6 Å². The molecule has 0 spiro atoms. The quantitative estimate of drug-likeness (QED) is 0.454. The monoisotopic (exact) mass is 226 g/mol. The van der Waals surface area contributed by atoms with Crippen LogP contribution in [-0.4, -0.2) is 36.0 Å². The zero-order valence-electron chi connectivity index (χ0n) is 8.92. The molecule has 1 aromatic heterocycles. The lowest BCUT2D eigenvalue weighted by molar-refractivity contribution is 0.0947. The number of hydrogen-bond acceptors (Lipinski definition) is 4. The fourth-order valence-corrected chi connectivity index (χ4v) is 1.15. The van der Waals surface area contributed by atoms with Gasteiger partial charge in [0.25, 0.3) is 11.5 Å². The highest BCUT2D eigenvalue weighted by Gasteiger charge is 2.06. The Hall–Kier alpha value is -1.89. The summed E-state index contributed by atoms with van der Waals surface area (Å²) in [7, 11) is 1.82. The van der Waals surface area contributed by atoms with E-state index >= 15 is 0 Å². The number of H-pyrrole nitrogens is 2. The van der Waals surface area contributed by atoms with E-state index in [0.717, 1.165) is 19.0 Å². The molecule has 16 heavy (non-hydrogen) atoms. The summed E-state index contributed by atoms with van der Waals surface area (Å²) >= 11 is 0. The normalized spacial score (nSPS) is 10.1. The number of aromatic amines is 2. The Morgan fingerprint density at radius 3 is 2.69 bits per heavy atom. The maximum Gasteiger partial charge on any atom is 0.326 e. The number of amides is 1. The summed E-state index contributed by atoms with van der Waals surface area (Å²) in [5, 5.41) is 5.52. The van der Waals surface area contributed by atoms with Crippen LogP contribution in [0.25, 0.3) is 0 Å². The first-order chi connectivity index (χ1) is 7.63. The first kappa shape index (κ1) is 12.2. The van der Waals surface area contributed by atoms with Gasteiger partial charge in [-0.1, -0.05) is 0 Å². The molecule has 1 amide bonds. The maximum atomic E-state index is 11.5. The van der Waals surface area contributed by atoms with Crippen molar-refractivity contribution >= 4 is 5.91 Å². The molecule has 0 aliphatic rings. The molecule has 0 saturated carbocycles. The molecular formula is C9H14N4O3. The average Bonchev–Trinajstić information content (AvgIpc) is 2.22. The van der Waals surface area contributed by atoms with Crippen LogP contribution in [0.1, 0.15) is 16.9 Å². The lowest BCUT2D eigenvalue weighted by atomic mass is 10.3. The molecule has 4 N–H and O–H groups in total. The average molecular weight is 226 g/mol. The Morgan fingerprint density at radius 2 is 2.06 bits per heavy atom. The second-order valence-corrected chi connectivity index (χ2v) is 3.21. The van der Waals surface area contributed by atoms with E-state index in [-0.39, 0.29) is 5.69 Å². The summed E-state index contributed by atoms with van der Waals surface area (Å²) in [6.45, 7) is 1.26. The number of carbonyl (C=O) groups is 1. The molecule has 0 saturated heterocycles. The number of rotatable bonds is 5. The summed E-state index contributed by atoms with van der Waals surface area (Å²) in [5.41, 5.74) is -1.31. The molecule has 0 aromatic carbocycles. The van der Waals surface area contributed by atoms with Gasteiger partial charge in [-0.25, -0.2) is 4.79 Å². The van der Waals surface area contributed by atoms with Crippen LogP contribution < -0.4 is 21.9 Å². The second-order valence-electron chi connectivity index (χ2n) is 3.21. The van der Waals surface area contributed by atoms with Gasteiger partial charge in [0.15, 0.2) is 0 Å². The van der Waals surface area contributed by atoms with Crippen LogP contribution in [0.15, 0.2) is 15.7 Å². The van der Waals surface area contributed by atoms with Gasteiger partial charge in [0.2, 0.25) is 0 Å². The van der Waals surface area contributed by atoms with E-state index in [1.807, 2.05) is 12.0 Å². The van der Waals surface area contributed by atoms with Crippen LogP contribution in [0.4, 0.5) is 0 Å². The largest absolute Gasteiger partial charge is 0.351 e. The van der Waals surface area contributed by atoms with Crippen molar-refractivity contribution in [3.8, 4) is 0 Å². The molecule has 0 atom stereocenters. The number of carbonyl (C=O) groups excluding carboxylic acids is 1. The molecule has 7 heteroatoms. The van der Waals surface area contributed by atoms with E-state index in [9.17, 15) is 14.4 Å². The van der Waals surface area contributed by atoms with Crippen molar-refractivity contribution in [1.82, 2.24) is 20.6 Å². The number of aromatic nitrogens is 2. The Kier molecular flexibility index (Phi) is 4.46. The van der Waals surface area contributed by atoms with Gasteiger partial charge >= 0.3 is 5.69 Å². The van der Waals surface area contributed by atoms with Gasteiger partial charge in [-0.15, -0.1) is 0 Å². The zero-order valence-corrected chi connectivity index (χ0v) is 8.92. The lowest BCUT2D eigenvalue weighted by Crippen LogP contribution is -2.32. The summed E-state index contributed by atoms with van der Waals surface area (Å²) in [6, 6.07) is 1.05. The molecular weight excluding hydrogens is 212 g/mol. The van der Waals surface area contributed by atoms with E-state index in [1.54, 1.807) is 0 Å². The highest BCUT2D eigenvalue weighted by molar-refractivity contribution is 5.91. The minimum atomic E-state index is -0.687. The molecule has 0 radical (unpaired) electrons. The van der Waals surface area contributed by atoms with E-state index in [0.29, 0.717) is 6.54 Å². The van der Waals surface area contributed by atoms with Crippen molar-refractivity contribution in [2.24, 2.45) is 0 Å². The van der Waals surface area contributed by atoms with Crippen LogP contribution in [0.3, 0.4) is 0 Å². The van der Waals surface area contributed by atoms with E-state index in [1.165, 1.54) is 0 Å². The first-order valence-corrected chi connectivity index (χ1v) is 4.90. The van der Waals surface area contributed by atoms with Gasteiger partial charge in [0, 0.05) is 12.6 Å². The van der Waals surface area contributed by atoms with E-state index in [4.69, 9.17) is 0 Å². The van der Waals surface area contributed by atoms with Crippen LogP contribution >= 0.6 is 0 Å². The first-order valence-electron chi connectivity index (χ1n) is 4.90. The van der Waals surface area contributed by atoms with Crippen molar-refractivity contribution in [2.45, 2.75) is 6.42 Å². The predicted octanol–water partition coefficient (Wildman–Crippen LogP) is -1.60. The van der Waals surface area contributed by atoms with Crippen LogP contribution in [-0.2, 0) is 0 Å². The third-order valence-electron chi connectivity index (χ3n) is 1.89. The Morgan fingerprint density at radius 1 is 1.31 bits per heavy atom. The lowest BCUT2D eigenvalue weighted by Gasteiger charge is -2.03. The number of nitrogens with one attached hydrogen (secondary N) is 4. The Labute approximate surface area is 91.3 Å². The van der Waals surface area contributed by atoms with Crippen molar-refractivity contribution in [2.75, 3.05) is 20.1 Å². The topological polar surface area (TPSA) is 107 Å². The van der Waals surface area contributed by atoms with Crippen LogP contribution in [0, 0.1) is 0 Å². The van der Waals surface area contributed by atoms with Gasteiger partial charge < -0.3 is 15.6 Å². The van der Waals surface area contributed by atoms with Gasteiger partial charge in [-0.3, -0.25) is 14.6 Å². The van der Waals surface area contributed by atoms with E-state index in [2.05, 4.69) is 15.6 Å². The molecule has 0 aliphatic carbocycles. The zero-order chi connectivity index (χ0) is 12.0. The van der Waals surface area contributed by atoms with E-state index < -0.39 is 17.2 Å². The summed E-state index contributed by atoms with van der Waals surface area (Å²) in [6.07, 6.45) is 0.773. The molecule has 0 fully saturated rings. The minimum Gasteiger partial charge on any atom is -0.351 e. The summed E-state index contributed by atoms with van der Waals surface area (Å²) in [5.74, 6) is -0.459.